The number of benzene rings is 2. The summed E-state index contributed by atoms with van der Waals surface area (Å²) >= 11 is 0. The molecule has 2 aromatic carbocycles. The third kappa shape index (κ3) is 5.36. The van der Waals surface area contributed by atoms with Crippen LogP contribution in [-0.4, -0.2) is 50.8 Å². The van der Waals surface area contributed by atoms with Crippen LogP contribution in [0.4, 0.5) is 5.69 Å². The maximum atomic E-state index is 13.4. The summed E-state index contributed by atoms with van der Waals surface area (Å²) in [6, 6.07) is 13.2. The maximum Gasteiger partial charge on any atom is 0.262 e. The summed E-state index contributed by atoms with van der Waals surface area (Å²) in [6.07, 6.45) is 2.99. The van der Waals surface area contributed by atoms with E-state index >= 15 is 0 Å². The Morgan fingerprint density at radius 1 is 1.24 bits per heavy atom. The summed E-state index contributed by atoms with van der Waals surface area (Å²) < 4.78 is 33.6. The van der Waals surface area contributed by atoms with Crippen molar-refractivity contribution in [3.63, 3.8) is 0 Å². The molecule has 1 fully saturated rings. The van der Waals surface area contributed by atoms with Crippen LogP contribution in [0.2, 0.25) is 0 Å². The van der Waals surface area contributed by atoms with E-state index in [1.54, 1.807) is 13.0 Å². The van der Waals surface area contributed by atoms with Crippen molar-refractivity contribution in [3.05, 3.63) is 53.6 Å². The Balaban J connectivity index is 1.38. The normalized spacial score (nSPS) is 18.7. The molecule has 33 heavy (non-hydrogen) atoms. The minimum atomic E-state index is -3.81. The lowest BCUT2D eigenvalue weighted by Gasteiger charge is -2.32. The van der Waals surface area contributed by atoms with E-state index in [0.717, 1.165) is 12.8 Å². The fraction of sp³-hybridized carbons (Fsp3) is 0.417. The zero-order valence-electron chi connectivity index (χ0n) is 18.7. The zero-order chi connectivity index (χ0) is 23.4. The van der Waals surface area contributed by atoms with Crippen LogP contribution in [0.3, 0.4) is 0 Å². The fourth-order valence-electron chi connectivity index (χ4n) is 4.30. The van der Waals surface area contributed by atoms with E-state index in [1.165, 1.54) is 15.9 Å². The third-order valence-corrected chi connectivity index (χ3v) is 8.07. The Labute approximate surface area is 194 Å². The number of anilines is 1. The highest BCUT2D eigenvalue weighted by atomic mass is 32.2. The molecule has 4 rings (SSSR count). The first-order valence-corrected chi connectivity index (χ1v) is 12.7. The summed E-state index contributed by atoms with van der Waals surface area (Å²) in [5.74, 6) is -0.412. The van der Waals surface area contributed by atoms with Crippen LogP contribution in [0.5, 0.6) is 5.75 Å². The number of hydrogen-bond donors (Lipinski definition) is 2. The lowest BCUT2D eigenvalue weighted by atomic mass is 9.99. The number of nitrogens with zero attached hydrogens (tertiary/aromatic N) is 1. The third-order valence-electron chi connectivity index (χ3n) is 6.07. The number of amides is 2. The van der Waals surface area contributed by atoms with Crippen LogP contribution in [-0.2, 0) is 26.0 Å². The first kappa shape index (κ1) is 23.3. The van der Waals surface area contributed by atoms with Gasteiger partial charge in [-0.05, 0) is 49.8 Å². The maximum absolute atomic E-state index is 13.4. The van der Waals surface area contributed by atoms with Crippen molar-refractivity contribution in [2.24, 2.45) is 5.92 Å². The summed E-state index contributed by atoms with van der Waals surface area (Å²) in [7, 11) is -3.81. The van der Waals surface area contributed by atoms with E-state index in [9.17, 15) is 18.0 Å². The highest BCUT2D eigenvalue weighted by Crippen LogP contribution is 2.35. The molecule has 2 aliphatic rings. The molecule has 0 radical (unpaired) electrons. The molecule has 1 atom stereocenters. The van der Waals surface area contributed by atoms with Gasteiger partial charge in [0.2, 0.25) is 15.9 Å². The molecule has 8 nitrogen and oxygen atoms in total. The van der Waals surface area contributed by atoms with Crippen molar-refractivity contribution in [1.82, 2.24) is 9.62 Å². The highest BCUT2D eigenvalue weighted by molar-refractivity contribution is 7.89. The molecule has 0 aliphatic carbocycles. The van der Waals surface area contributed by atoms with Gasteiger partial charge in [-0.15, -0.1) is 0 Å². The lowest BCUT2D eigenvalue weighted by molar-refractivity contribution is -0.126. The van der Waals surface area contributed by atoms with Gasteiger partial charge in [-0.1, -0.05) is 30.3 Å². The van der Waals surface area contributed by atoms with E-state index in [4.69, 9.17) is 4.74 Å². The molecule has 2 amide bonds. The fourth-order valence-corrected chi connectivity index (χ4v) is 6.05. The Morgan fingerprint density at radius 2 is 2.03 bits per heavy atom. The second-order valence-corrected chi connectivity index (χ2v) is 10.4. The summed E-state index contributed by atoms with van der Waals surface area (Å²) in [5.41, 5.74) is 2.21. The molecule has 0 aromatic heterocycles. The lowest BCUT2D eigenvalue weighted by Crippen LogP contribution is -2.45. The minimum Gasteiger partial charge on any atom is -0.482 e. The first-order valence-electron chi connectivity index (χ1n) is 11.2. The number of aryl methyl sites for hydroxylation is 2. The van der Waals surface area contributed by atoms with Crippen LogP contribution in [0.15, 0.2) is 47.4 Å². The predicted molar refractivity (Wildman–Crippen MR) is 125 cm³/mol. The van der Waals surface area contributed by atoms with Crippen molar-refractivity contribution in [2.75, 3.05) is 31.6 Å². The average Bonchev–Trinajstić information content (AvgIpc) is 2.82. The number of nitrogens with one attached hydrogen (secondary N) is 2. The summed E-state index contributed by atoms with van der Waals surface area (Å²) in [5, 5.41) is 5.66. The van der Waals surface area contributed by atoms with Gasteiger partial charge in [0, 0.05) is 25.7 Å². The molecule has 1 saturated heterocycles. The molecular formula is C24H29N3O5S. The Hall–Kier alpha value is -2.91. The molecule has 0 spiro atoms. The first-order chi connectivity index (χ1) is 15.8. The van der Waals surface area contributed by atoms with Gasteiger partial charge >= 0.3 is 0 Å². The number of sulfonamides is 1. The van der Waals surface area contributed by atoms with E-state index in [2.05, 4.69) is 22.8 Å². The van der Waals surface area contributed by atoms with E-state index in [0.29, 0.717) is 42.9 Å². The number of ether oxygens (including phenoxy) is 1. The second kappa shape index (κ2) is 9.93. The van der Waals surface area contributed by atoms with Gasteiger partial charge in [0.25, 0.3) is 5.91 Å². The minimum absolute atomic E-state index is 0.101. The van der Waals surface area contributed by atoms with Crippen molar-refractivity contribution < 1.29 is 22.7 Å². The summed E-state index contributed by atoms with van der Waals surface area (Å²) in [6.45, 7) is 2.62. The van der Waals surface area contributed by atoms with Crippen LogP contribution in [0.1, 0.15) is 30.4 Å². The van der Waals surface area contributed by atoms with Crippen molar-refractivity contribution in [1.29, 1.82) is 0 Å². The number of fused-ring (bicyclic) bond motifs is 1. The Kier molecular flexibility index (Phi) is 6.99. The van der Waals surface area contributed by atoms with E-state index < -0.39 is 10.0 Å². The summed E-state index contributed by atoms with van der Waals surface area (Å²) in [4.78, 5) is 24.4. The van der Waals surface area contributed by atoms with Crippen molar-refractivity contribution >= 4 is 27.5 Å². The number of rotatable bonds is 7. The molecule has 2 heterocycles. The monoisotopic (exact) mass is 471 g/mol. The predicted octanol–water partition coefficient (Wildman–Crippen LogP) is 2.48. The molecule has 2 aliphatic heterocycles. The van der Waals surface area contributed by atoms with Crippen LogP contribution >= 0.6 is 0 Å². The molecule has 9 heteroatoms. The van der Waals surface area contributed by atoms with Gasteiger partial charge in [0.1, 0.15) is 5.75 Å². The van der Waals surface area contributed by atoms with Crippen LogP contribution in [0.25, 0.3) is 0 Å². The molecule has 2 N–H and O–H groups in total. The largest absolute Gasteiger partial charge is 0.482 e. The Bertz CT molecular complexity index is 1130. The van der Waals surface area contributed by atoms with Gasteiger partial charge in [-0.3, -0.25) is 9.59 Å². The molecular weight excluding hydrogens is 442 g/mol. The van der Waals surface area contributed by atoms with Gasteiger partial charge in [0.05, 0.1) is 16.5 Å². The smallest absolute Gasteiger partial charge is 0.262 e. The van der Waals surface area contributed by atoms with E-state index in [1.807, 2.05) is 18.2 Å². The van der Waals surface area contributed by atoms with Gasteiger partial charge in [0.15, 0.2) is 6.61 Å². The standard InChI is InChI=1S/C24H29N3O5S/c1-17-13-20-21(32-16-23(28)26-20)14-22(17)33(30,31)27-12-6-10-19(15-27)24(29)25-11-5-9-18-7-3-2-4-8-18/h2-4,7-8,13-14,19H,5-6,9-12,15-16H2,1H3,(H,25,29)(H,26,28). The van der Waals surface area contributed by atoms with Crippen LogP contribution in [0, 0.1) is 12.8 Å². The average molecular weight is 472 g/mol. The topological polar surface area (TPSA) is 105 Å². The zero-order valence-corrected chi connectivity index (χ0v) is 19.5. The van der Waals surface area contributed by atoms with Gasteiger partial charge in [-0.2, -0.15) is 4.31 Å². The highest BCUT2D eigenvalue weighted by Gasteiger charge is 2.35. The Morgan fingerprint density at radius 3 is 2.82 bits per heavy atom. The van der Waals surface area contributed by atoms with E-state index in [-0.39, 0.29) is 35.8 Å². The van der Waals surface area contributed by atoms with Crippen molar-refractivity contribution in [2.45, 2.75) is 37.5 Å². The second-order valence-electron chi connectivity index (χ2n) is 8.53. The number of carbonyl (C=O) groups excluding carboxylic acids is 2. The quantitative estimate of drug-likeness (QED) is 0.604. The van der Waals surface area contributed by atoms with Crippen LogP contribution < -0.4 is 15.4 Å². The van der Waals surface area contributed by atoms with Crippen molar-refractivity contribution in [3.8, 4) is 5.75 Å². The SMILES string of the molecule is Cc1cc2c(cc1S(=O)(=O)N1CCCC(C(=O)NCCCc3ccccc3)C1)OCC(=O)N2. The van der Waals surface area contributed by atoms with Gasteiger partial charge in [-0.25, -0.2) is 8.42 Å². The molecule has 176 valence electrons. The molecule has 2 aromatic rings. The molecule has 0 saturated carbocycles. The number of carbonyl (C=O) groups is 2. The van der Waals surface area contributed by atoms with Gasteiger partial charge < -0.3 is 15.4 Å². The molecule has 0 bridgehead atoms. The number of piperidine rings is 1. The molecule has 1 unspecified atom stereocenters. The number of hydrogen-bond acceptors (Lipinski definition) is 5.